The van der Waals surface area contributed by atoms with Crippen LogP contribution in [0.2, 0.25) is 0 Å². The molecule has 152 valence electrons. The summed E-state index contributed by atoms with van der Waals surface area (Å²) in [6.45, 7) is 4.42. The zero-order valence-electron chi connectivity index (χ0n) is 15.8. The Labute approximate surface area is 181 Å². The number of benzene rings is 1. The van der Waals surface area contributed by atoms with Crippen LogP contribution >= 0.6 is 24.0 Å². The van der Waals surface area contributed by atoms with Gasteiger partial charge in [-0.1, -0.05) is 0 Å². The summed E-state index contributed by atoms with van der Waals surface area (Å²) in [6, 6.07) is 6.39. The van der Waals surface area contributed by atoms with Gasteiger partial charge >= 0.3 is 0 Å². The standard InChI is InChI=1S/C18H25N7O2.HI/c1-2-19-18(24-14-5-8-16-22-12-23-25(16)11-14)21-10-9-20-17(27)13-3-6-15(26)7-4-13;/h3-4,6-7,12,14,26H,2,5,8-11H2,1H3,(H,20,27)(H2,19,21,24);1H. The summed E-state index contributed by atoms with van der Waals surface area (Å²) in [5.41, 5.74) is 0.507. The normalized spacial score (nSPS) is 15.9. The fourth-order valence-electron chi connectivity index (χ4n) is 2.92. The Morgan fingerprint density at radius 1 is 1.32 bits per heavy atom. The number of aromatic nitrogens is 3. The lowest BCUT2D eigenvalue weighted by molar-refractivity contribution is 0.0955. The minimum atomic E-state index is -0.186. The number of aryl methyl sites for hydroxylation is 1. The van der Waals surface area contributed by atoms with Crippen molar-refractivity contribution < 1.29 is 9.90 Å². The number of amides is 1. The predicted molar refractivity (Wildman–Crippen MR) is 117 cm³/mol. The van der Waals surface area contributed by atoms with Gasteiger partial charge in [-0.15, -0.1) is 24.0 Å². The number of guanidine groups is 1. The molecule has 4 N–H and O–H groups in total. The van der Waals surface area contributed by atoms with E-state index in [1.165, 1.54) is 12.1 Å². The van der Waals surface area contributed by atoms with E-state index in [0.717, 1.165) is 37.7 Å². The van der Waals surface area contributed by atoms with Gasteiger partial charge in [0.2, 0.25) is 0 Å². The van der Waals surface area contributed by atoms with Crippen LogP contribution in [-0.2, 0) is 13.0 Å². The second kappa shape index (κ2) is 10.8. The fourth-order valence-corrected chi connectivity index (χ4v) is 2.92. The van der Waals surface area contributed by atoms with E-state index in [1.54, 1.807) is 18.5 Å². The molecule has 1 aliphatic rings. The molecule has 0 saturated carbocycles. The van der Waals surface area contributed by atoms with Crippen molar-refractivity contribution in [3.05, 3.63) is 42.0 Å². The third-order valence-electron chi connectivity index (χ3n) is 4.29. The van der Waals surface area contributed by atoms with Crippen LogP contribution in [0.3, 0.4) is 0 Å². The number of nitrogens with one attached hydrogen (secondary N) is 3. The quantitative estimate of drug-likeness (QED) is 0.203. The van der Waals surface area contributed by atoms with Crippen molar-refractivity contribution in [3.63, 3.8) is 0 Å². The molecule has 0 bridgehead atoms. The Morgan fingerprint density at radius 2 is 2.11 bits per heavy atom. The molecular formula is C18H26IN7O2. The number of nitrogens with zero attached hydrogens (tertiary/aromatic N) is 4. The van der Waals surface area contributed by atoms with Gasteiger partial charge in [0.15, 0.2) is 5.96 Å². The lowest BCUT2D eigenvalue weighted by Gasteiger charge is -2.25. The summed E-state index contributed by atoms with van der Waals surface area (Å²) in [6.07, 6.45) is 3.45. The molecule has 0 spiro atoms. The molecule has 1 amide bonds. The number of carbonyl (C=O) groups is 1. The number of hydrogen-bond donors (Lipinski definition) is 4. The van der Waals surface area contributed by atoms with Gasteiger partial charge in [0.05, 0.1) is 13.1 Å². The molecule has 10 heteroatoms. The summed E-state index contributed by atoms with van der Waals surface area (Å²) < 4.78 is 1.92. The van der Waals surface area contributed by atoms with Gasteiger partial charge in [0.25, 0.3) is 5.91 Å². The first-order valence-electron chi connectivity index (χ1n) is 9.14. The molecule has 0 saturated heterocycles. The fraction of sp³-hybridized carbons (Fsp3) is 0.444. The summed E-state index contributed by atoms with van der Waals surface area (Å²) in [5.74, 6) is 1.70. The Morgan fingerprint density at radius 3 is 2.86 bits per heavy atom. The number of halogens is 1. The van der Waals surface area contributed by atoms with E-state index in [1.807, 2.05) is 11.6 Å². The van der Waals surface area contributed by atoms with E-state index in [2.05, 4.69) is 31.0 Å². The summed E-state index contributed by atoms with van der Waals surface area (Å²) in [5, 5.41) is 23.0. The first kappa shape index (κ1) is 21.9. The van der Waals surface area contributed by atoms with Gasteiger partial charge in [-0.25, -0.2) is 9.67 Å². The molecule has 1 unspecified atom stereocenters. The smallest absolute Gasteiger partial charge is 0.251 e. The van der Waals surface area contributed by atoms with Crippen molar-refractivity contribution in [1.82, 2.24) is 30.7 Å². The van der Waals surface area contributed by atoms with Crippen LogP contribution in [0, 0.1) is 0 Å². The van der Waals surface area contributed by atoms with Gasteiger partial charge in [0, 0.05) is 31.1 Å². The highest BCUT2D eigenvalue weighted by molar-refractivity contribution is 14.0. The summed E-state index contributed by atoms with van der Waals surface area (Å²) in [4.78, 5) is 20.8. The molecule has 2 heterocycles. The number of phenolic OH excluding ortho intramolecular Hbond substituents is 1. The van der Waals surface area contributed by atoms with E-state index in [0.29, 0.717) is 18.7 Å². The number of carbonyl (C=O) groups excluding carboxylic acids is 1. The lowest BCUT2D eigenvalue weighted by atomic mass is 10.1. The molecule has 1 aromatic carbocycles. The highest BCUT2D eigenvalue weighted by Gasteiger charge is 2.20. The van der Waals surface area contributed by atoms with Crippen LogP contribution in [0.25, 0.3) is 0 Å². The van der Waals surface area contributed by atoms with Crippen molar-refractivity contribution in [2.24, 2.45) is 4.99 Å². The monoisotopic (exact) mass is 499 g/mol. The molecule has 2 aromatic rings. The van der Waals surface area contributed by atoms with E-state index < -0.39 is 0 Å². The van der Waals surface area contributed by atoms with Crippen molar-refractivity contribution in [1.29, 1.82) is 0 Å². The molecule has 0 radical (unpaired) electrons. The zero-order valence-corrected chi connectivity index (χ0v) is 18.1. The number of phenols is 1. The average Bonchev–Trinajstić information content (AvgIpc) is 3.13. The van der Waals surface area contributed by atoms with E-state index in [-0.39, 0.29) is 41.7 Å². The van der Waals surface area contributed by atoms with E-state index in [4.69, 9.17) is 0 Å². The number of rotatable bonds is 6. The molecule has 9 nitrogen and oxygen atoms in total. The molecule has 0 aliphatic carbocycles. The van der Waals surface area contributed by atoms with E-state index in [9.17, 15) is 9.90 Å². The SMILES string of the molecule is CCNC(=NCCNC(=O)c1ccc(O)cc1)NC1CCc2ncnn2C1.I. The van der Waals surface area contributed by atoms with Crippen LogP contribution < -0.4 is 16.0 Å². The van der Waals surface area contributed by atoms with Gasteiger partial charge in [-0.3, -0.25) is 9.79 Å². The number of aliphatic imine (C=N–C) groups is 1. The molecule has 1 aromatic heterocycles. The van der Waals surface area contributed by atoms with Crippen LogP contribution in [0.5, 0.6) is 5.75 Å². The Hall–Kier alpha value is -2.37. The van der Waals surface area contributed by atoms with Crippen LogP contribution in [0.4, 0.5) is 0 Å². The highest BCUT2D eigenvalue weighted by atomic mass is 127. The first-order valence-corrected chi connectivity index (χ1v) is 9.14. The van der Waals surface area contributed by atoms with E-state index >= 15 is 0 Å². The average molecular weight is 499 g/mol. The lowest BCUT2D eigenvalue weighted by Crippen LogP contribution is -2.47. The van der Waals surface area contributed by atoms with Gasteiger partial charge in [-0.2, -0.15) is 5.10 Å². The maximum Gasteiger partial charge on any atom is 0.251 e. The van der Waals surface area contributed by atoms with Gasteiger partial charge in [-0.05, 0) is 37.6 Å². The van der Waals surface area contributed by atoms with Gasteiger partial charge < -0.3 is 21.1 Å². The highest BCUT2D eigenvalue weighted by Crippen LogP contribution is 2.11. The van der Waals surface area contributed by atoms with Crippen molar-refractivity contribution in [3.8, 4) is 5.75 Å². The number of fused-ring (bicyclic) bond motifs is 1. The molecule has 3 rings (SSSR count). The van der Waals surface area contributed by atoms with Crippen LogP contribution in [0.1, 0.15) is 29.5 Å². The first-order chi connectivity index (χ1) is 13.2. The topological polar surface area (TPSA) is 116 Å². The minimum absolute atomic E-state index is 0. The molecule has 1 atom stereocenters. The Balaban J connectivity index is 0.00000280. The molecular weight excluding hydrogens is 473 g/mol. The van der Waals surface area contributed by atoms with Crippen LogP contribution in [-0.4, -0.2) is 57.4 Å². The molecule has 0 fully saturated rings. The minimum Gasteiger partial charge on any atom is -0.508 e. The summed E-state index contributed by atoms with van der Waals surface area (Å²) in [7, 11) is 0. The Kier molecular flexibility index (Phi) is 8.48. The van der Waals surface area contributed by atoms with Crippen molar-refractivity contribution in [2.75, 3.05) is 19.6 Å². The Bertz CT molecular complexity index is 791. The maximum atomic E-state index is 12.0. The second-order valence-corrected chi connectivity index (χ2v) is 6.30. The predicted octanol–water partition coefficient (Wildman–Crippen LogP) is 0.902. The maximum absolute atomic E-state index is 12.0. The van der Waals surface area contributed by atoms with Crippen LogP contribution in [0.15, 0.2) is 35.6 Å². The zero-order chi connectivity index (χ0) is 19.1. The molecule has 1 aliphatic heterocycles. The van der Waals surface area contributed by atoms with Crippen molar-refractivity contribution >= 4 is 35.8 Å². The largest absolute Gasteiger partial charge is 0.508 e. The molecule has 28 heavy (non-hydrogen) atoms. The van der Waals surface area contributed by atoms with Crippen molar-refractivity contribution in [2.45, 2.75) is 32.4 Å². The second-order valence-electron chi connectivity index (χ2n) is 6.30. The number of hydrogen-bond acceptors (Lipinski definition) is 5. The number of aromatic hydroxyl groups is 1. The third kappa shape index (κ3) is 6.08. The third-order valence-corrected chi connectivity index (χ3v) is 4.29. The summed E-state index contributed by atoms with van der Waals surface area (Å²) >= 11 is 0. The van der Waals surface area contributed by atoms with Gasteiger partial charge in [0.1, 0.15) is 17.9 Å².